The van der Waals surface area contributed by atoms with E-state index in [2.05, 4.69) is 33.4 Å². The van der Waals surface area contributed by atoms with E-state index in [1.807, 2.05) is 13.8 Å². The molecular weight excluding hydrogens is 188 g/mol. The van der Waals surface area contributed by atoms with Crippen molar-refractivity contribution in [1.82, 2.24) is 0 Å². The molecule has 1 aliphatic carbocycles. The van der Waals surface area contributed by atoms with Crippen molar-refractivity contribution in [3.8, 4) is 0 Å². The lowest BCUT2D eigenvalue weighted by Crippen LogP contribution is -2.20. The normalized spacial score (nSPS) is 23.8. The van der Waals surface area contributed by atoms with Crippen molar-refractivity contribution < 1.29 is 11.0 Å². The van der Waals surface area contributed by atoms with Gasteiger partial charge in [-0.15, -0.1) is 0 Å². The molecule has 0 bridgehead atoms. The molecule has 0 spiro atoms. The Labute approximate surface area is 94.7 Å². The predicted molar refractivity (Wildman–Crippen MR) is 69.1 cm³/mol. The van der Waals surface area contributed by atoms with Gasteiger partial charge < -0.3 is 11.0 Å². The molecule has 1 unspecified atom stereocenters. The van der Waals surface area contributed by atoms with Gasteiger partial charge in [-0.25, -0.2) is 0 Å². The van der Waals surface area contributed by atoms with Crippen LogP contribution in [0.15, 0.2) is 23.8 Å². The van der Waals surface area contributed by atoms with Crippen LogP contribution in [0.5, 0.6) is 0 Å². The van der Waals surface area contributed by atoms with Gasteiger partial charge in [0.2, 0.25) is 0 Å². The van der Waals surface area contributed by atoms with Crippen LogP contribution in [-0.4, -0.2) is 11.0 Å². The fourth-order valence-electron chi connectivity index (χ4n) is 1.64. The molecule has 2 heteroatoms. The van der Waals surface area contributed by atoms with Gasteiger partial charge in [0.1, 0.15) is 0 Å². The molecule has 1 atom stereocenters. The highest BCUT2D eigenvalue weighted by molar-refractivity contribution is 5.28. The van der Waals surface area contributed by atoms with Gasteiger partial charge in [-0.3, -0.25) is 0 Å². The van der Waals surface area contributed by atoms with Crippen molar-refractivity contribution in [3.05, 3.63) is 23.8 Å². The van der Waals surface area contributed by atoms with E-state index in [4.69, 9.17) is 0 Å². The third kappa shape index (κ3) is 5.14. The zero-order chi connectivity index (χ0) is 10.5. The van der Waals surface area contributed by atoms with E-state index >= 15 is 0 Å². The second-order valence-corrected chi connectivity index (χ2v) is 3.90. The van der Waals surface area contributed by atoms with E-state index < -0.39 is 0 Å². The summed E-state index contributed by atoms with van der Waals surface area (Å²) in [5, 5.41) is 0. The van der Waals surface area contributed by atoms with Crippen LogP contribution in [0.1, 0.15) is 53.9 Å². The minimum atomic E-state index is 0. The first-order valence-electron chi connectivity index (χ1n) is 5.45. The van der Waals surface area contributed by atoms with Gasteiger partial charge in [0.05, 0.1) is 0 Å². The standard InChI is InChI=1S/C11H18.C2H6.2H2O/c1-5-11(4)7-6-9(2)8-10(11)3;1-2;;/h8H,2,5-7H2,1,3-4H3;1-2H3;2*1H2. The van der Waals surface area contributed by atoms with Crippen molar-refractivity contribution in [1.29, 1.82) is 0 Å². The Bertz CT molecular complexity index is 207. The van der Waals surface area contributed by atoms with Gasteiger partial charge in [-0.1, -0.05) is 51.5 Å². The Morgan fingerprint density at radius 3 is 2.13 bits per heavy atom. The van der Waals surface area contributed by atoms with Crippen molar-refractivity contribution in [3.63, 3.8) is 0 Å². The molecule has 0 aliphatic heterocycles. The van der Waals surface area contributed by atoms with Crippen molar-refractivity contribution in [2.75, 3.05) is 0 Å². The quantitative estimate of drug-likeness (QED) is 0.646. The summed E-state index contributed by atoms with van der Waals surface area (Å²) in [6, 6.07) is 0. The molecule has 0 amide bonds. The fourth-order valence-corrected chi connectivity index (χ4v) is 1.64. The first kappa shape index (κ1) is 19.9. The largest absolute Gasteiger partial charge is 0.412 e. The fraction of sp³-hybridized carbons (Fsp3) is 0.692. The van der Waals surface area contributed by atoms with E-state index in [-0.39, 0.29) is 11.0 Å². The summed E-state index contributed by atoms with van der Waals surface area (Å²) in [6.07, 6.45) is 5.97. The van der Waals surface area contributed by atoms with E-state index in [9.17, 15) is 0 Å². The maximum absolute atomic E-state index is 3.99. The van der Waals surface area contributed by atoms with Crippen LogP contribution >= 0.6 is 0 Å². The van der Waals surface area contributed by atoms with Gasteiger partial charge in [0.15, 0.2) is 0 Å². The molecular formula is C13H28O2. The van der Waals surface area contributed by atoms with E-state index in [1.54, 1.807) is 0 Å². The summed E-state index contributed by atoms with van der Waals surface area (Å²) in [7, 11) is 0. The number of allylic oxidation sites excluding steroid dienone is 3. The molecule has 0 heterocycles. The Balaban J connectivity index is -0.000000339. The van der Waals surface area contributed by atoms with Crippen LogP contribution in [0, 0.1) is 5.41 Å². The van der Waals surface area contributed by atoms with Crippen LogP contribution < -0.4 is 0 Å². The summed E-state index contributed by atoms with van der Waals surface area (Å²) in [5.41, 5.74) is 3.27. The highest BCUT2D eigenvalue weighted by Crippen LogP contribution is 2.40. The molecule has 2 nitrogen and oxygen atoms in total. The molecule has 15 heavy (non-hydrogen) atoms. The van der Waals surface area contributed by atoms with Crippen LogP contribution in [0.25, 0.3) is 0 Å². The molecule has 4 N–H and O–H groups in total. The minimum Gasteiger partial charge on any atom is -0.412 e. The predicted octanol–water partition coefficient (Wildman–Crippen LogP) is 3.08. The molecule has 92 valence electrons. The molecule has 0 aromatic heterocycles. The first-order valence-corrected chi connectivity index (χ1v) is 5.45. The smallest absolute Gasteiger partial charge is 0.0115 e. The number of rotatable bonds is 1. The van der Waals surface area contributed by atoms with Gasteiger partial charge in [0.25, 0.3) is 0 Å². The monoisotopic (exact) mass is 216 g/mol. The summed E-state index contributed by atoms with van der Waals surface area (Å²) < 4.78 is 0. The van der Waals surface area contributed by atoms with Gasteiger partial charge >= 0.3 is 0 Å². The van der Waals surface area contributed by atoms with Gasteiger partial charge in [0, 0.05) is 0 Å². The highest BCUT2D eigenvalue weighted by Gasteiger charge is 2.26. The average Bonchev–Trinajstić information content (AvgIpc) is 2.16. The van der Waals surface area contributed by atoms with Crippen molar-refractivity contribution >= 4 is 0 Å². The highest BCUT2D eigenvalue weighted by atomic mass is 16.0. The second kappa shape index (κ2) is 8.69. The lowest BCUT2D eigenvalue weighted by atomic mass is 9.72. The van der Waals surface area contributed by atoms with E-state index in [0.29, 0.717) is 5.41 Å². The average molecular weight is 216 g/mol. The second-order valence-electron chi connectivity index (χ2n) is 3.90. The maximum Gasteiger partial charge on any atom is -0.0115 e. The molecule has 0 aromatic carbocycles. The summed E-state index contributed by atoms with van der Waals surface area (Å²) in [5.74, 6) is 0. The Morgan fingerprint density at radius 1 is 1.33 bits per heavy atom. The summed E-state index contributed by atoms with van der Waals surface area (Å²) >= 11 is 0. The molecule has 0 radical (unpaired) electrons. The molecule has 0 saturated carbocycles. The van der Waals surface area contributed by atoms with E-state index in [1.165, 1.54) is 30.4 Å². The van der Waals surface area contributed by atoms with Crippen LogP contribution in [-0.2, 0) is 0 Å². The van der Waals surface area contributed by atoms with Crippen LogP contribution in [0.4, 0.5) is 0 Å². The number of hydrogen-bond donors (Lipinski definition) is 0. The molecule has 0 saturated heterocycles. The van der Waals surface area contributed by atoms with Gasteiger partial charge in [-0.2, -0.15) is 0 Å². The Hall–Kier alpha value is -0.600. The van der Waals surface area contributed by atoms with Crippen LogP contribution in [0.2, 0.25) is 0 Å². The third-order valence-corrected chi connectivity index (χ3v) is 3.15. The molecule has 1 aliphatic rings. The third-order valence-electron chi connectivity index (χ3n) is 3.15. The zero-order valence-electron chi connectivity index (χ0n) is 10.9. The Kier molecular flexibility index (Phi) is 11.5. The van der Waals surface area contributed by atoms with Crippen molar-refractivity contribution in [2.45, 2.75) is 53.9 Å². The zero-order valence-corrected chi connectivity index (χ0v) is 10.9. The number of hydrogen-bond acceptors (Lipinski definition) is 0. The maximum atomic E-state index is 3.99. The molecule has 0 aromatic rings. The van der Waals surface area contributed by atoms with Gasteiger partial charge in [-0.05, 0) is 31.6 Å². The Morgan fingerprint density at radius 2 is 1.80 bits per heavy atom. The molecule has 0 fully saturated rings. The van der Waals surface area contributed by atoms with E-state index in [0.717, 1.165) is 0 Å². The topological polar surface area (TPSA) is 63.0 Å². The molecule has 1 rings (SSSR count). The van der Waals surface area contributed by atoms with Crippen molar-refractivity contribution in [2.24, 2.45) is 5.41 Å². The lowest BCUT2D eigenvalue weighted by Gasteiger charge is -2.33. The SMILES string of the molecule is C=C1C=C(C)C(C)(CC)CC1.CC.O.O. The minimum absolute atomic E-state index is 0. The summed E-state index contributed by atoms with van der Waals surface area (Å²) in [6.45, 7) is 14.8. The first-order chi connectivity index (χ1) is 6.08. The lowest BCUT2D eigenvalue weighted by molar-refractivity contribution is 0.342. The van der Waals surface area contributed by atoms with Crippen LogP contribution in [0.3, 0.4) is 0 Å². The summed E-state index contributed by atoms with van der Waals surface area (Å²) in [4.78, 5) is 0.